The highest BCUT2D eigenvalue weighted by Crippen LogP contribution is 1.98. The lowest BCUT2D eigenvalue weighted by atomic mass is 10.4. The maximum Gasteiger partial charge on any atom is 0.331 e. The van der Waals surface area contributed by atoms with Gasteiger partial charge in [-0.1, -0.05) is 0 Å². The van der Waals surface area contributed by atoms with Gasteiger partial charge in [0.15, 0.2) is 0 Å². The van der Waals surface area contributed by atoms with Crippen molar-refractivity contribution in [1.29, 1.82) is 0 Å². The molecule has 0 amide bonds. The fourth-order valence-corrected chi connectivity index (χ4v) is 2.32. The van der Waals surface area contributed by atoms with Gasteiger partial charge in [0.25, 0.3) is 5.56 Å². The van der Waals surface area contributed by atoms with E-state index in [1.165, 1.54) is 9.13 Å². The first-order valence-corrected chi connectivity index (χ1v) is 6.59. The molecule has 2 aromatic heterocycles. The number of rotatable bonds is 3. The molecule has 0 atom stereocenters. The summed E-state index contributed by atoms with van der Waals surface area (Å²) in [7, 11) is 1.80. The molecule has 6 nitrogen and oxygen atoms in total. The van der Waals surface area contributed by atoms with Crippen molar-refractivity contribution in [2.24, 2.45) is 7.05 Å². The number of aromatic nitrogens is 4. The largest absolute Gasteiger partial charge is 0.331 e. The normalized spacial score (nSPS) is 10.8. The Morgan fingerprint density at radius 1 is 1.39 bits per heavy atom. The van der Waals surface area contributed by atoms with Crippen molar-refractivity contribution in [1.82, 2.24) is 18.9 Å². The van der Waals surface area contributed by atoms with Crippen LogP contribution in [0.4, 0.5) is 0 Å². The van der Waals surface area contributed by atoms with Gasteiger partial charge in [-0.25, -0.2) is 4.79 Å². The fraction of sp³-hybridized carbons (Fsp3) is 0.364. The van der Waals surface area contributed by atoms with Crippen LogP contribution in [0.15, 0.2) is 28.0 Å². The van der Waals surface area contributed by atoms with Gasteiger partial charge in [0.2, 0.25) is 0 Å². The minimum absolute atomic E-state index is 0.204. The minimum Gasteiger partial charge on any atom is -0.300 e. The van der Waals surface area contributed by atoms with Crippen LogP contribution in [0.5, 0.6) is 0 Å². The van der Waals surface area contributed by atoms with Crippen LogP contribution < -0.4 is 11.2 Å². The van der Waals surface area contributed by atoms with E-state index >= 15 is 0 Å². The number of hydrogen-bond donors (Lipinski definition) is 0. The molecule has 0 N–H and O–H groups in total. The zero-order valence-electron chi connectivity index (χ0n) is 10.1. The summed E-state index contributed by atoms with van der Waals surface area (Å²) in [5, 5.41) is 4.18. The zero-order chi connectivity index (χ0) is 13.3. The maximum atomic E-state index is 12.1. The van der Waals surface area contributed by atoms with E-state index in [0.717, 1.165) is 0 Å². The van der Waals surface area contributed by atoms with E-state index in [2.05, 4.69) is 5.10 Å². The lowest BCUT2D eigenvalue weighted by Gasteiger charge is -2.08. The molecule has 0 saturated heterocycles. The second kappa shape index (κ2) is 5.09. The third kappa shape index (κ3) is 2.40. The Morgan fingerprint density at radius 2 is 2.11 bits per heavy atom. The molecule has 0 unspecified atom stereocenters. The van der Waals surface area contributed by atoms with Gasteiger partial charge in [-0.2, -0.15) is 5.10 Å². The molecular formula is C11H13IN4O2. The highest BCUT2D eigenvalue weighted by atomic mass is 127. The third-order valence-electron chi connectivity index (χ3n) is 2.62. The molecule has 0 bridgehead atoms. The smallest absolute Gasteiger partial charge is 0.300 e. The topological polar surface area (TPSA) is 61.8 Å². The van der Waals surface area contributed by atoms with Crippen molar-refractivity contribution in [3.8, 4) is 0 Å². The van der Waals surface area contributed by atoms with Gasteiger partial charge in [-0.05, 0) is 35.6 Å². The molecule has 0 fully saturated rings. The van der Waals surface area contributed by atoms with E-state index in [4.69, 9.17) is 0 Å². The molecule has 0 aromatic carbocycles. The summed E-state index contributed by atoms with van der Waals surface area (Å²) in [4.78, 5) is 24.0. The van der Waals surface area contributed by atoms with Crippen molar-refractivity contribution >= 4 is 22.6 Å². The van der Waals surface area contributed by atoms with E-state index in [9.17, 15) is 9.59 Å². The van der Waals surface area contributed by atoms with E-state index in [-0.39, 0.29) is 17.8 Å². The Hall–Kier alpha value is -1.38. The molecule has 96 valence electrons. The van der Waals surface area contributed by atoms with Gasteiger partial charge in [0.1, 0.15) is 0 Å². The van der Waals surface area contributed by atoms with Crippen LogP contribution >= 0.6 is 22.6 Å². The van der Waals surface area contributed by atoms with Crippen LogP contribution in [-0.4, -0.2) is 18.9 Å². The summed E-state index contributed by atoms with van der Waals surface area (Å²) < 4.78 is 4.91. The summed E-state index contributed by atoms with van der Waals surface area (Å²) >= 11 is 1.94. The standard InChI is InChI=1S/C11H13IN4O2/c1-3-15-7-9(12)10(17)16(11(15)18)6-8-4-5-14(2)13-8/h4-5,7H,3,6H2,1-2H3. The highest BCUT2D eigenvalue weighted by molar-refractivity contribution is 14.1. The lowest BCUT2D eigenvalue weighted by Crippen LogP contribution is -2.41. The Kier molecular flexibility index (Phi) is 3.69. The first kappa shape index (κ1) is 13.1. The van der Waals surface area contributed by atoms with Crippen molar-refractivity contribution in [2.45, 2.75) is 20.0 Å². The SMILES string of the molecule is CCn1cc(I)c(=O)n(Cc2ccn(C)n2)c1=O. The van der Waals surface area contributed by atoms with E-state index < -0.39 is 0 Å². The van der Waals surface area contributed by atoms with Crippen LogP contribution in [0.3, 0.4) is 0 Å². The van der Waals surface area contributed by atoms with E-state index in [0.29, 0.717) is 15.8 Å². The van der Waals surface area contributed by atoms with Crippen molar-refractivity contribution < 1.29 is 0 Å². The first-order chi connectivity index (χ1) is 8.52. The summed E-state index contributed by atoms with van der Waals surface area (Å²) in [6.07, 6.45) is 3.37. The maximum absolute atomic E-state index is 12.1. The summed E-state index contributed by atoms with van der Waals surface area (Å²) in [5.41, 5.74) is 0.130. The van der Waals surface area contributed by atoms with Crippen molar-refractivity contribution in [3.05, 3.63) is 48.6 Å². The van der Waals surface area contributed by atoms with E-state index in [1.807, 2.05) is 29.5 Å². The molecule has 0 aliphatic carbocycles. The predicted octanol–water partition coefficient (Wildman–Crippen LogP) is 0.416. The van der Waals surface area contributed by atoms with Gasteiger partial charge in [-0.15, -0.1) is 0 Å². The molecule has 7 heteroatoms. The molecule has 0 aliphatic heterocycles. The minimum atomic E-state index is -0.298. The van der Waals surface area contributed by atoms with Crippen LogP contribution in [0.25, 0.3) is 0 Å². The fourth-order valence-electron chi connectivity index (χ4n) is 1.69. The highest BCUT2D eigenvalue weighted by Gasteiger charge is 2.10. The van der Waals surface area contributed by atoms with Gasteiger partial charge in [0.05, 0.1) is 15.8 Å². The van der Waals surface area contributed by atoms with Crippen molar-refractivity contribution in [3.63, 3.8) is 0 Å². The van der Waals surface area contributed by atoms with Crippen LogP contribution in [0, 0.1) is 3.57 Å². The molecule has 0 saturated carbocycles. The molecule has 2 rings (SSSR count). The summed E-state index contributed by atoms with van der Waals surface area (Å²) in [6, 6.07) is 1.79. The molecule has 2 aromatic rings. The third-order valence-corrected chi connectivity index (χ3v) is 3.36. The Balaban J connectivity index is 2.53. The molecule has 0 spiro atoms. The second-order valence-electron chi connectivity index (χ2n) is 3.92. The number of aryl methyl sites for hydroxylation is 2. The van der Waals surface area contributed by atoms with Crippen molar-refractivity contribution in [2.75, 3.05) is 0 Å². The molecule has 0 aliphatic rings. The Bertz CT molecular complexity index is 683. The number of halogens is 1. The van der Waals surface area contributed by atoms with E-state index in [1.54, 1.807) is 30.2 Å². The van der Waals surface area contributed by atoms with Gasteiger partial charge in [0, 0.05) is 26.0 Å². The molecule has 18 heavy (non-hydrogen) atoms. The number of hydrogen-bond acceptors (Lipinski definition) is 3. The molecule has 2 heterocycles. The lowest BCUT2D eigenvalue weighted by molar-refractivity contribution is 0.584. The van der Waals surface area contributed by atoms with Gasteiger partial charge < -0.3 is 0 Å². The van der Waals surface area contributed by atoms with Crippen LogP contribution in [0.1, 0.15) is 12.6 Å². The van der Waals surface area contributed by atoms with Crippen LogP contribution in [-0.2, 0) is 20.1 Å². The number of nitrogens with zero attached hydrogens (tertiary/aromatic N) is 4. The predicted molar refractivity (Wildman–Crippen MR) is 75.7 cm³/mol. The monoisotopic (exact) mass is 360 g/mol. The average Bonchev–Trinajstić information content (AvgIpc) is 2.75. The molecular weight excluding hydrogens is 347 g/mol. The summed E-state index contributed by atoms with van der Waals surface area (Å²) in [6.45, 7) is 2.61. The zero-order valence-corrected chi connectivity index (χ0v) is 12.3. The Labute approximate surface area is 117 Å². The summed E-state index contributed by atoms with van der Waals surface area (Å²) in [5.74, 6) is 0. The van der Waals surface area contributed by atoms with Gasteiger partial charge >= 0.3 is 5.69 Å². The average molecular weight is 360 g/mol. The quantitative estimate of drug-likeness (QED) is 0.746. The van der Waals surface area contributed by atoms with Gasteiger partial charge in [-0.3, -0.25) is 18.6 Å². The first-order valence-electron chi connectivity index (χ1n) is 5.51. The second-order valence-corrected chi connectivity index (χ2v) is 5.08. The Morgan fingerprint density at radius 3 is 2.67 bits per heavy atom. The molecule has 0 radical (unpaired) electrons. The van der Waals surface area contributed by atoms with Crippen LogP contribution in [0.2, 0.25) is 0 Å².